The monoisotopic (exact) mass is 348 g/mol. The first-order chi connectivity index (χ1) is 11.1. The Hall–Kier alpha value is -2.37. The smallest absolute Gasteiger partial charge is 0.338 e. The maximum atomic E-state index is 12.0. The molecule has 0 fully saturated rings. The molecule has 0 aliphatic heterocycles. The van der Waals surface area contributed by atoms with Crippen molar-refractivity contribution in [3.05, 3.63) is 70.0 Å². The summed E-state index contributed by atoms with van der Waals surface area (Å²) in [4.78, 5) is 12.0. The fourth-order valence-electron chi connectivity index (χ4n) is 1.89. The van der Waals surface area contributed by atoms with Gasteiger partial charge < -0.3 is 9.15 Å². The van der Waals surface area contributed by atoms with Gasteiger partial charge in [-0.05, 0) is 30.3 Å². The summed E-state index contributed by atoms with van der Waals surface area (Å²) in [6, 6.07) is 13.8. The Morgan fingerprint density at radius 3 is 2.43 bits per heavy atom. The van der Waals surface area contributed by atoms with Gasteiger partial charge >= 0.3 is 5.97 Å². The lowest BCUT2D eigenvalue weighted by molar-refractivity contribution is 0.0438. The molecule has 0 saturated heterocycles. The standard InChI is InChI=1S/C16H10Cl2N2O3/c17-12-6-11(7-13(18)8-12)16(21)22-9-14-19-20-15(23-14)10-4-2-1-3-5-10/h1-8H,9H2. The summed E-state index contributed by atoms with van der Waals surface area (Å²) in [7, 11) is 0. The number of rotatable bonds is 4. The first-order valence-electron chi connectivity index (χ1n) is 6.63. The average molecular weight is 349 g/mol. The Morgan fingerprint density at radius 1 is 1.04 bits per heavy atom. The number of carbonyl (C=O) groups excluding carboxylic acids is 1. The number of hydrogen-bond donors (Lipinski definition) is 0. The lowest BCUT2D eigenvalue weighted by Gasteiger charge is -2.03. The van der Waals surface area contributed by atoms with Gasteiger partial charge in [0.05, 0.1) is 5.56 Å². The Kier molecular flexibility index (Phi) is 4.60. The summed E-state index contributed by atoms with van der Waals surface area (Å²) in [5.74, 6) is -0.0124. The topological polar surface area (TPSA) is 65.2 Å². The zero-order valence-electron chi connectivity index (χ0n) is 11.7. The highest BCUT2D eigenvalue weighted by Gasteiger charge is 2.13. The molecule has 0 aliphatic rings. The van der Waals surface area contributed by atoms with Gasteiger partial charge in [0, 0.05) is 15.6 Å². The number of ether oxygens (including phenoxy) is 1. The van der Waals surface area contributed by atoms with Crippen LogP contribution in [0.4, 0.5) is 0 Å². The molecule has 3 aromatic rings. The Bertz CT molecular complexity index is 814. The highest BCUT2D eigenvalue weighted by molar-refractivity contribution is 6.35. The molecule has 23 heavy (non-hydrogen) atoms. The van der Waals surface area contributed by atoms with Crippen molar-refractivity contribution in [2.75, 3.05) is 0 Å². The zero-order chi connectivity index (χ0) is 16.2. The molecule has 7 heteroatoms. The van der Waals surface area contributed by atoms with E-state index in [1.54, 1.807) is 0 Å². The summed E-state index contributed by atoms with van der Waals surface area (Å²) >= 11 is 11.7. The fourth-order valence-corrected chi connectivity index (χ4v) is 2.42. The number of halogens is 2. The van der Waals surface area contributed by atoms with Crippen LogP contribution in [0.5, 0.6) is 0 Å². The number of carbonyl (C=O) groups is 1. The van der Waals surface area contributed by atoms with Crippen molar-refractivity contribution < 1.29 is 13.9 Å². The first kappa shape index (κ1) is 15.5. The highest BCUT2D eigenvalue weighted by Crippen LogP contribution is 2.20. The van der Waals surface area contributed by atoms with Crippen molar-refractivity contribution in [2.24, 2.45) is 0 Å². The van der Waals surface area contributed by atoms with Gasteiger partial charge in [0.2, 0.25) is 5.89 Å². The van der Waals surface area contributed by atoms with Gasteiger partial charge in [-0.3, -0.25) is 0 Å². The van der Waals surface area contributed by atoms with Crippen LogP contribution >= 0.6 is 23.2 Å². The molecular weight excluding hydrogens is 339 g/mol. The lowest BCUT2D eigenvalue weighted by Crippen LogP contribution is -2.05. The molecule has 2 aromatic carbocycles. The van der Waals surface area contributed by atoms with Gasteiger partial charge in [0.1, 0.15) is 0 Å². The van der Waals surface area contributed by atoms with Crippen LogP contribution < -0.4 is 0 Å². The van der Waals surface area contributed by atoms with E-state index in [1.807, 2.05) is 30.3 Å². The van der Waals surface area contributed by atoms with Crippen molar-refractivity contribution >= 4 is 29.2 Å². The van der Waals surface area contributed by atoms with Gasteiger partial charge in [-0.15, -0.1) is 10.2 Å². The van der Waals surface area contributed by atoms with Gasteiger partial charge in [-0.25, -0.2) is 4.79 Å². The molecule has 3 rings (SSSR count). The minimum atomic E-state index is -0.575. The van der Waals surface area contributed by atoms with Gasteiger partial charge in [-0.1, -0.05) is 41.4 Å². The molecule has 0 N–H and O–H groups in total. The second-order valence-electron chi connectivity index (χ2n) is 4.60. The van der Waals surface area contributed by atoms with Crippen molar-refractivity contribution in [1.82, 2.24) is 10.2 Å². The molecule has 0 spiro atoms. The average Bonchev–Trinajstić information content (AvgIpc) is 3.01. The SMILES string of the molecule is O=C(OCc1nnc(-c2ccccc2)o1)c1cc(Cl)cc(Cl)c1. The maximum absolute atomic E-state index is 12.0. The molecule has 1 heterocycles. The maximum Gasteiger partial charge on any atom is 0.338 e. The highest BCUT2D eigenvalue weighted by atomic mass is 35.5. The van der Waals surface area contributed by atoms with E-state index in [1.165, 1.54) is 18.2 Å². The molecule has 0 unspecified atom stereocenters. The molecule has 0 atom stereocenters. The van der Waals surface area contributed by atoms with Gasteiger partial charge in [0.25, 0.3) is 5.89 Å². The van der Waals surface area contributed by atoms with E-state index in [0.717, 1.165) is 5.56 Å². The van der Waals surface area contributed by atoms with Crippen molar-refractivity contribution in [2.45, 2.75) is 6.61 Å². The van der Waals surface area contributed by atoms with E-state index in [2.05, 4.69) is 10.2 Å². The van der Waals surface area contributed by atoms with E-state index in [4.69, 9.17) is 32.4 Å². The second kappa shape index (κ2) is 6.81. The number of aromatic nitrogens is 2. The van der Waals surface area contributed by atoms with Crippen LogP contribution in [0.3, 0.4) is 0 Å². The Morgan fingerprint density at radius 2 is 1.74 bits per heavy atom. The summed E-state index contributed by atoms with van der Waals surface area (Å²) in [5.41, 5.74) is 1.05. The van der Waals surface area contributed by atoms with Crippen LogP contribution in [-0.4, -0.2) is 16.2 Å². The Labute approximate surface area is 141 Å². The van der Waals surface area contributed by atoms with Gasteiger partial charge in [0.15, 0.2) is 6.61 Å². The summed E-state index contributed by atoms with van der Waals surface area (Å²) < 4.78 is 10.6. The van der Waals surface area contributed by atoms with Crippen LogP contribution in [0.15, 0.2) is 52.9 Å². The van der Waals surface area contributed by atoms with E-state index < -0.39 is 5.97 Å². The molecule has 116 valence electrons. The number of esters is 1. The first-order valence-corrected chi connectivity index (χ1v) is 7.38. The van der Waals surface area contributed by atoms with Crippen LogP contribution in [0.25, 0.3) is 11.5 Å². The minimum Gasteiger partial charge on any atom is -0.452 e. The molecule has 0 radical (unpaired) electrons. The third-order valence-corrected chi connectivity index (χ3v) is 3.35. The molecule has 0 amide bonds. The number of nitrogens with zero attached hydrogens (tertiary/aromatic N) is 2. The van der Waals surface area contributed by atoms with Crippen molar-refractivity contribution in [3.8, 4) is 11.5 Å². The van der Waals surface area contributed by atoms with Crippen LogP contribution in [-0.2, 0) is 11.3 Å². The van der Waals surface area contributed by atoms with E-state index in [-0.39, 0.29) is 18.1 Å². The van der Waals surface area contributed by atoms with E-state index in [0.29, 0.717) is 15.9 Å². The number of benzene rings is 2. The zero-order valence-corrected chi connectivity index (χ0v) is 13.2. The van der Waals surface area contributed by atoms with Crippen LogP contribution in [0.1, 0.15) is 16.2 Å². The van der Waals surface area contributed by atoms with Crippen molar-refractivity contribution in [3.63, 3.8) is 0 Å². The third kappa shape index (κ3) is 3.88. The van der Waals surface area contributed by atoms with E-state index in [9.17, 15) is 4.79 Å². The Balaban J connectivity index is 1.67. The largest absolute Gasteiger partial charge is 0.452 e. The second-order valence-corrected chi connectivity index (χ2v) is 5.47. The molecule has 5 nitrogen and oxygen atoms in total. The lowest BCUT2D eigenvalue weighted by atomic mass is 10.2. The fraction of sp³-hybridized carbons (Fsp3) is 0.0625. The summed E-state index contributed by atoms with van der Waals surface area (Å²) in [6.07, 6.45) is 0. The van der Waals surface area contributed by atoms with Crippen LogP contribution in [0, 0.1) is 0 Å². The van der Waals surface area contributed by atoms with E-state index >= 15 is 0 Å². The van der Waals surface area contributed by atoms with Crippen molar-refractivity contribution in [1.29, 1.82) is 0 Å². The number of hydrogen-bond acceptors (Lipinski definition) is 5. The minimum absolute atomic E-state index is 0.136. The molecule has 0 saturated carbocycles. The summed E-state index contributed by atoms with van der Waals surface area (Å²) in [5, 5.41) is 8.47. The van der Waals surface area contributed by atoms with Crippen LogP contribution in [0.2, 0.25) is 10.0 Å². The quantitative estimate of drug-likeness (QED) is 0.653. The predicted octanol–water partition coefficient (Wildman–Crippen LogP) is 4.40. The third-order valence-electron chi connectivity index (χ3n) is 2.91. The van der Waals surface area contributed by atoms with Gasteiger partial charge in [-0.2, -0.15) is 0 Å². The molecule has 0 aliphatic carbocycles. The molecular formula is C16H10Cl2N2O3. The normalized spacial score (nSPS) is 10.5. The summed E-state index contributed by atoms with van der Waals surface area (Å²) in [6.45, 7) is -0.136. The molecule has 1 aromatic heterocycles. The molecule has 0 bridgehead atoms. The predicted molar refractivity (Wildman–Crippen MR) is 85.3 cm³/mol.